The SMILES string of the molecule is CCc1noc(CN(CC(C)O)C2CCCCC2)n1. The molecule has 1 unspecified atom stereocenters. The van der Waals surface area contributed by atoms with E-state index in [9.17, 15) is 5.11 Å². The number of rotatable bonds is 6. The Kier molecular flexibility index (Phi) is 5.34. The van der Waals surface area contributed by atoms with Crippen molar-refractivity contribution in [1.82, 2.24) is 15.0 Å². The van der Waals surface area contributed by atoms with Crippen LogP contribution in [0.15, 0.2) is 4.52 Å². The zero-order chi connectivity index (χ0) is 13.7. The molecule has 1 saturated carbocycles. The molecular formula is C14H25N3O2. The Morgan fingerprint density at radius 2 is 2.11 bits per heavy atom. The molecule has 2 rings (SSSR count). The van der Waals surface area contributed by atoms with E-state index < -0.39 is 0 Å². The van der Waals surface area contributed by atoms with E-state index in [2.05, 4.69) is 15.0 Å². The summed E-state index contributed by atoms with van der Waals surface area (Å²) in [6.45, 7) is 5.18. The summed E-state index contributed by atoms with van der Waals surface area (Å²) < 4.78 is 5.27. The molecule has 0 bridgehead atoms. The molecule has 1 aromatic heterocycles. The van der Waals surface area contributed by atoms with Crippen LogP contribution in [0.1, 0.15) is 57.7 Å². The van der Waals surface area contributed by atoms with Gasteiger partial charge < -0.3 is 9.63 Å². The molecular weight excluding hydrogens is 242 g/mol. The summed E-state index contributed by atoms with van der Waals surface area (Å²) in [6, 6.07) is 0.542. The summed E-state index contributed by atoms with van der Waals surface area (Å²) in [5.74, 6) is 1.43. The number of hydrogen-bond acceptors (Lipinski definition) is 5. The molecule has 0 radical (unpaired) electrons. The van der Waals surface area contributed by atoms with Gasteiger partial charge in [-0.25, -0.2) is 0 Å². The Morgan fingerprint density at radius 3 is 2.68 bits per heavy atom. The molecule has 1 aromatic rings. The Balaban J connectivity index is 1.99. The third kappa shape index (κ3) is 4.28. The highest BCUT2D eigenvalue weighted by Crippen LogP contribution is 2.24. The van der Waals surface area contributed by atoms with Crippen LogP contribution in [0.25, 0.3) is 0 Å². The average Bonchev–Trinajstić information content (AvgIpc) is 2.86. The predicted molar refractivity (Wildman–Crippen MR) is 72.6 cm³/mol. The highest BCUT2D eigenvalue weighted by atomic mass is 16.5. The van der Waals surface area contributed by atoms with Crippen molar-refractivity contribution in [3.8, 4) is 0 Å². The Labute approximate surface area is 115 Å². The minimum absolute atomic E-state index is 0.324. The summed E-state index contributed by atoms with van der Waals surface area (Å²) in [4.78, 5) is 6.67. The lowest BCUT2D eigenvalue weighted by atomic mass is 9.94. The monoisotopic (exact) mass is 267 g/mol. The van der Waals surface area contributed by atoms with E-state index in [4.69, 9.17) is 4.52 Å². The molecule has 1 fully saturated rings. The van der Waals surface area contributed by atoms with Gasteiger partial charge in [-0.15, -0.1) is 0 Å². The normalized spacial score (nSPS) is 18.9. The summed E-state index contributed by atoms with van der Waals surface area (Å²) in [5, 5.41) is 13.6. The van der Waals surface area contributed by atoms with Crippen LogP contribution in [0.5, 0.6) is 0 Å². The number of aliphatic hydroxyl groups is 1. The fraction of sp³-hybridized carbons (Fsp3) is 0.857. The van der Waals surface area contributed by atoms with Gasteiger partial charge in [-0.1, -0.05) is 31.3 Å². The van der Waals surface area contributed by atoms with Gasteiger partial charge in [-0.2, -0.15) is 4.98 Å². The Bertz CT molecular complexity index is 373. The summed E-state index contributed by atoms with van der Waals surface area (Å²) in [6.07, 6.45) is 6.79. The zero-order valence-corrected chi connectivity index (χ0v) is 12.0. The maximum absolute atomic E-state index is 9.67. The second-order valence-corrected chi connectivity index (χ2v) is 5.53. The van der Waals surface area contributed by atoms with Gasteiger partial charge in [-0.3, -0.25) is 4.90 Å². The van der Waals surface area contributed by atoms with E-state index in [1.807, 2.05) is 13.8 Å². The van der Waals surface area contributed by atoms with Gasteiger partial charge in [-0.05, 0) is 19.8 Å². The highest BCUT2D eigenvalue weighted by Gasteiger charge is 2.24. The number of aromatic nitrogens is 2. The summed E-state index contributed by atoms with van der Waals surface area (Å²) in [7, 11) is 0. The molecule has 0 aliphatic heterocycles. The van der Waals surface area contributed by atoms with Gasteiger partial charge in [0, 0.05) is 19.0 Å². The first kappa shape index (κ1) is 14.5. The first-order valence-corrected chi connectivity index (χ1v) is 7.42. The largest absolute Gasteiger partial charge is 0.392 e. The van der Waals surface area contributed by atoms with Gasteiger partial charge in [0.25, 0.3) is 0 Å². The van der Waals surface area contributed by atoms with E-state index in [0.717, 1.165) is 12.2 Å². The first-order chi connectivity index (χ1) is 9.19. The number of aryl methyl sites for hydroxylation is 1. The molecule has 1 aliphatic carbocycles. The molecule has 1 heterocycles. The minimum atomic E-state index is -0.324. The molecule has 0 amide bonds. The van der Waals surface area contributed by atoms with Gasteiger partial charge in [0.1, 0.15) is 0 Å². The van der Waals surface area contributed by atoms with Gasteiger partial charge >= 0.3 is 0 Å². The van der Waals surface area contributed by atoms with E-state index in [1.54, 1.807) is 0 Å². The topological polar surface area (TPSA) is 62.4 Å². The second kappa shape index (κ2) is 7.01. The highest BCUT2D eigenvalue weighted by molar-refractivity contribution is 4.88. The number of hydrogen-bond donors (Lipinski definition) is 1. The van der Waals surface area contributed by atoms with Crippen molar-refractivity contribution in [2.75, 3.05) is 6.54 Å². The van der Waals surface area contributed by atoms with Crippen LogP contribution < -0.4 is 0 Å². The Morgan fingerprint density at radius 1 is 1.37 bits per heavy atom. The molecule has 0 aromatic carbocycles. The summed E-state index contributed by atoms with van der Waals surface area (Å²) >= 11 is 0. The molecule has 0 spiro atoms. The molecule has 19 heavy (non-hydrogen) atoms. The van der Waals surface area contributed by atoms with Crippen LogP contribution in [-0.4, -0.2) is 38.8 Å². The predicted octanol–water partition coefficient (Wildman–Crippen LogP) is 2.15. The third-order valence-corrected chi connectivity index (χ3v) is 3.75. The second-order valence-electron chi connectivity index (χ2n) is 5.53. The van der Waals surface area contributed by atoms with Gasteiger partial charge in [0.2, 0.25) is 5.89 Å². The number of nitrogens with zero attached hydrogens (tertiary/aromatic N) is 3. The van der Waals surface area contributed by atoms with Crippen molar-refractivity contribution in [1.29, 1.82) is 0 Å². The standard InChI is InChI=1S/C14H25N3O2/c1-3-13-15-14(19-16-13)10-17(9-11(2)18)12-7-5-4-6-8-12/h11-12,18H,3-10H2,1-2H3. The van der Waals surface area contributed by atoms with Gasteiger partial charge in [0.05, 0.1) is 12.6 Å². The maximum Gasteiger partial charge on any atom is 0.240 e. The van der Waals surface area contributed by atoms with Crippen molar-refractivity contribution in [3.05, 3.63) is 11.7 Å². The van der Waals surface area contributed by atoms with Crippen LogP contribution in [0.3, 0.4) is 0 Å². The lowest BCUT2D eigenvalue weighted by Gasteiger charge is -2.34. The van der Waals surface area contributed by atoms with Crippen LogP contribution in [0.4, 0.5) is 0 Å². The van der Waals surface area contributed by atoms with Crippen molar-refractivity contribution in [2.24, 2.45) is 0 Å². The molecule has 108 valence electrons. The Hall–Kier alpha value is -0.940. The van der Waals surface area contributed by atoms with Crippen LogP contribution in [-0.2, 0) is 13.0 Å². The van der Waals surface area contributed by atoms with Crippen molar-refractivity contribution < 1.29 is 9.63 Å². The first-order valence-electron chi connectivity index (χ1n) is 7.42. The molecule has 5 heteroatoms. The van der Waals surface area contributed by atoms with E-state index in [-0.39, 0.29) is 6.10 Å². The molecule has 1 N–H and O–H groups in total. The van der Waals surface area contributed by atoms with Crippen LogP contribution in [0.2, 0.25) is 0 Å². The fourth-order valence-electron chi connectivity index (χ4n) is 2.80. The third-order valence-electron chi connectivity index (χ3n) is 3.75. The summed E-state index contributed by atoms with van der Waals surface area (Å²) in [5.41, 5.74) is 0. The number of aliphatic hydroxyl groups excluding tert-OH is 1. The minimum Gasteiger partial charge on any atom is -0.392 e. The maximum atomic E-state index is 9.67. The molecule has 1 aliphatic rings. The molecule has 0 saturated heterocycles. The van der Waals surface area contributed by atoms with E-state index in [0.29, 0.717) is 25.0 Å². The smallest absolute Gasteiger partial charge is 0.240 e. The quantitative estimate of drug-likeness (QED) is 0.855. The molecule has 5 nitrogen and oxygen atoms in total. The molecule has 1 atom stereocenters. The lowest BCUT2D eigenvalue weighted by Crippen LogP contribution is -2.40. The van der Waals surface area contributed by atoms with Crippen molar-refractivity contribution in [3.63, 3.8) is 0 Å². The van der Waals surface area contributed by atoms with Crippen molar-refractivity contribution in [2.45, 2.75) is 71.1 Å². The lowest BCUT2D eigenvalue weighted by molar-refractivity contribution is 0.0689. The average molecular weight is 267 g/mol. The van der Waals surface area contributed by atoms with E-state index >= 15 is 0 Å². The van der Waals surface area contributed by atoms with E-state index in [1.165, 1.54) is 32.1 Å². The van der Waals surface area contributed by atoms with Gasteiger partial charge in [0.15, 0.2) is 5.82 Å². The zero-order valence-electron chi connectivity index (χ0n) is 12.0. The van der Waals surface area contributed by atoms with Crippen LogP contribution >= 0.6 is 0 Å². The fourth-order valence-corrected chi connectivity index (χ4v) is 2.80. The van der Waals surface area contributed by atoms with Crippen LogP contribution in [0, 0.1) is 0 Å². The van der Waals surface area contributed by atoms with Crippen molar-refractivity contribution >= 4 is 0 Å².